The van der Waals surface area contributed by atoms with Gasteiger partial charge in [-0.3, -0.25) is 4.79 Å². The van der Waals surface area contributed by atoms with Gasteiger partial charge in [-0.1, -0.05) is 6.07 Å². The SMILES string of the molecule is NC(=O)COc1cccc(NC2CCSC2)c1. The lowest BCUT2D eigenvalue weighted by atomic mass is 10.2. The summed E-state index contributed by atoms with van der Waals surface area (Å²) < 4.78 is 5.25. The molecule has 92 valence electrons. The first-order valence-corrected chi connectivity index (χ1v) is 6.75. The first-order chi connectivity index (χ1) is 8.24. The van der Waals surface area contributed by atoms with Crippen LogP contribution in [0, 0.1) is 0 Å². The Balaban J connectivity index is 1.93. The van der Waals surface area contributed by atoms with Gasteiger partial charge >= 0.3 is 0 Å². The first-order valence-electron chi connectivity index (χ1n) is 5.59. The van der Waals surface area contributed by atoms with E-state index < -0.39 is 5.91 Å². The second kappa shape index (κ2) is 5.82. The fourth-order valence-corrected chi connectivity index (χ4v) is 2.87. The van der Waals surface area contributed by atoms with Gasteiger partial charge in [-0.05, 0) is 24.3 Å². The summed E-state index contributed by atoms with van der Waals surface area (Å²) in [6.07, 6.45) is 1.19. The lowest BCUT2D eigenvalue weighted by Gasteiger charge is -2.13. The van der Waals surface area contributed by atoms with Crippen LogP contribution in [0.4, 0.5) is 5.69 Å². The Labute approximate surface area is 105 Å². The average molecular weight is 252 g/mol. The minimum absolute atomic E-state index is 0.0806. The van der Waals surface area contributed by atoms with Crippen LogP contribution < -0.4 is 15.8 Å². The van der Waals surface area contributed by atoms with E-state index in [2.05, 4.69) is 5.32 Å². The molecule has 2 rings (SSSR count). The number of rotatable bonds is 5. The molecule has 0 aromatic heterocycles. The number of nitrogens with one attached hydrogen (secondary N) is 1. The summed E-state index contributed by atoms with van der Waals surface area (Å²) in [6.45, 7) is -0.0806. The predicted molar refractivity (Wildman–Crippen MR) is 70.5 cm³/mol. The molecule has 1 fully saturated rings. The molecule has 1 unspecified atom stereocenters. The first kappa shape index (κ1) is 12.1. The summed E-state index contributed by atoms with van der Waals surface area (Å²) in [4.78, 5) is 10.6. The molecule has 0 aliphatic carbocycles. The minimum Gasteiger partial charge on any atom is -0.484 e. The average Bonchev–Trinajstić information content (AvgIpc) is 2.80. The molecule has 17 heavy (non-hydrogen) atoms. The van der Waals surface area contributed by atoms with Gasteiger partial charge in [0.1, 0.15) is 5.75 Å². The third-order valence-corrected chi connectivity index (χ3v) is 3.68. The largest absolute Gasteiger partial charge is 0.484 e. The van der Waals surface area contributed by atoms with Crippen LogP contribution in [0.15, 0.2) is 24.3 Å². The highest BCUT2D eigenvalue weighted by atomic mass is 32.2. The molecule has 1 heterocycles. The molecule has 1 aliphatic rings. The molecule has 1 aliphatic heterocycles. The summed E-state index contributed by atoms with van der Waals surface area (Å²) in [7, 11) is 0. The lowest BCUT2D eigenvalue weighted by Crippen LogP contribution is -2.20. The molecule has 1 saturated heterocycles. The van der Waals surface area contributed by atoms with Crippen LogP contribution in [-0.4, -0.2) is 30.1 Å². The van der Waals surface area contributed by atoms with Crippen molar-refractivity contribution in [2.75, 3.05) is 23.4 Å². The van der Waals surface area contributed by atoms with Gasteiger partial charge in [0.05, 0.1) is 0 Å². The number of primary amides is 1. The van der Waals surface area contributed by atoms with Crippen LogP contribution in [0.1, 0.15) is 6.42 Å². The molecule has 1 aromatic carbocycles. The zero-order valence-electron chi connectivity index (χ0n) is 9.52. The quantitative estimate of drug-likeness (QED) is 0.833. The van der Waals surface area contributed by atoms with Gasteiger partial charge in [0.25, 0.3) is 5.91 Å². The monoisotopic (exact) mass is 252 g/mol. The second-order valence-corrected chi connectivity index (χ2v) is 5.14. The number of amides is 1. The van der Waals surface area contributed by atoms with E-state index in [1.807, 2.05) is 36.0 Å². The van der Waals surface area contributed by atoms with Crippen LogP contribution in [-0.2, 0) is 4.79 Å². The number of hydrogen-bond donors (Lipinski definition) is 2. The number of benzene rings is 1. The fraction of sp³-hybridized carbons (Fsp3) is 0.417. The highest BCUT2D eigenvalue weighted by molar-refractivity contribution is 7.99. The number of ether oxygens (including phenoxy) is 1. The second-order valence-electron chi connectivity index (χ2n) is 3.99. The number of thioether (sulfide) groups is 1. The lowest BCUT2D eigenvalue weighted by molar-refractivity contribution is -0.119. The maximum Gasteiger partial charge on any atom is 0.255 e. The summed E-state index contributed by atoms with van der Waals surface area (Å²) in [5, 5.41) is 3.45. The Bertz CT molecular complexity index is 392. The highest BCUT2D eigenvalue weighted by Gasteiger charge is 2.14. The molecule has 0 spiro atoms. The van der Waals surface area contributed by atoms with Crippen LogP contribution in [0.2, 0.25) is 0 Å². The predicted octanol–water partition coefficient (Wildman–Crippen LogP) is 1.47. The van der Waals surface area contributed by atoms with Gasteiger partial charge in [-0.25, -0.2) is 0 Å². The molecule has 0 bridgehead atoms. The van der Waals surface area contributed by atoms with Gasteiger partial charge in [0, 0.05) is 23.5 Å². The number of hydrogen-bond acceptors (Lipinski definition) is 4. The van der Waals surface area contributed by atoms with E-state index in [1.165, 1.54) is 12.2 Å². The summed E-state index contributed by atoms with van der Waals surface area (Å²) >= 11 is 1.96. The van der Waals surface area contributed by atoms with Crippen molar-refractivity contribution < 1.29 is 9.53 Å². The standard InChI is InChI=1S/C12H16N2O2S/c13-12(15)7-16-11-3-1-2-9(6-11)14-10-4-5-17-8-10/h1-3,6,10,14H,4-5,7-8H2,(H2,13,15). The Morgan fingerprint density at radius 3 is 3.18 bits per heavy atom. The van der Waals surface area contributed by atoms with Gasteiger partial charge in [-0.15, -0.1) is 0 Å². The number of carbonyl (C=O) groups excluding carboxylic acids is 1. The van der Waals surface area contributed by atoms with E-state index in [0.717, 1.165) is 11.4 Å². The van der Waals surface area contributed by atoms with Crippen molar-refractivity contribution >= 4 is 23.4 Å². The smallest absolute Gasteiger partial charge is 0.255 e. The topological polar surface area (TPSA) is 64.4 Å². The van der Waals surface area contributed by atoms with Crippen molar-refractivity contribution in [1.29, 1.82) is 0 Å². The van der Waals surface area contributed by atoms with Gasteiger partial charge in [-0.2, -0.15) is 11.8 Å². The number of nitrogens with two attached hydrogens (primary N) is 1. The van der Waals surface area contributed by atoms with E-state index in [4.69, 9.17) is 10.5 Å². The van der Waals surface area contributed by atoms with Crippen molar-refractivity contribution in [3.63, 3.8) is 0 Å². The fourth-order valence-electron chi connectivity index (χ4n) is 1.71. The molecule has 1 atom stereocenters. The van der Waals surface area contributed by atoms with Crippen LogP contribution in [0.3, 0.4) is 0 Å². The molecular weight excluding hydrogens is 236 g/mol. The van der Waals surface area contributed by atoms with Gasteiger partial charge in [0.15, 0.2) is 6.61 Å². The van der Waals surface area contributed by atoms with Crippen molar-refractivity contribution in [3.05, 3.63) is 24.3 Å². The summed E-state index contributed by atoms with van der Waals surface area (Å²) in [6, 6.07) is 8.15. The van der Waals surface area contributed by atoms with E-state index in [0.29, 0.717) is 11.8 Å². The molecule has 5 heteroatoms. The van der Waals surface area contributed by atoms with Gasteiger partial charge < -0.3 is 15.8 Å². The molecule has 1 amide bonds. The van der Waals surface area contributed by atoms with E-state index in [9.17, 15) is 4.79 Å². The van der Waals surface area contributed by atoms with Crippen molar-refractivity contribution in [3.8, 4) is 5.75 Å². The normalized spacial score (nSPS) is 18.9. The zero-order chi connectivity index (χ0) is 12.1. The van der Waals surface area contributed by atoms with Crippen LogP contribution in [0.25, 0.3) is 0 Å². The summed E-state index contributed by atoms with van der Waals surface area (Å²) in [5.74, 6) is 2.57. The highest BCUT2D eigenvalue weighted by Crippen LogP contribution is 2.23. The van der Waals surface area contributed by atoms with Crippen LogP contribution >= 0.6 is 11.8 Å². The van der Waals surface area contributed by atoms with Crippen molar-refractivity contribution in [1.82, 2.24) is 0 Å². The number of anilines is 1. The molecule has 0 saturated carbocycles. The van der Waals surface area contributed by atoms with E-state index in [-0.39, 0.29) is 6.61 Å². The van der Waals surface area contributed by atoms with Crippen molar-refractivity contribution in [2.24, 2.45) is 5.73 Å². The Kier molecular flexibility index (Phi) is 4.14. The van der Waals surface area contributed by atoms with Crippen molar-refractivity contribution in [2.45, 2.75) is 12.5 Å². The maximum atomic E-state index is 10.6. The third kappa shape index (κ3) is 3.85. The zero-order valence-corrected chi connectivity index (χ0v) is 10.3. The summed E-state index contributed by atoms with van der Waals surface area (Å²) in [5.41, 5.74) is 6.06. The Hall–Kier alpha value is -1.36. The van der Waals surface area contributed by atoms with E-state index in [1.54, 1.807) is 0 Å². The Morgan fingerprint density at radius 2 is 2.47 bits per heavy atom. The molecule has 4 nitrogen and oxygen atoms in total. The molecule has 3 N–H and O–H groups in total. The van der Waals surface area contributed by atoms with E-state index >= 15 is 0 Å². The molecule has 1 aromatic rings. The van der Waals surface area contributed by atoms with Crippen LogP contribution in [0.5, 0.6) is 5.75 Å². The molecule has 0 radical (unpaired) electrons. The number of carbonyl (C=O) groups is 1. The minimum atomic E-state index is -0.462. The molecular formula is C12H16N2O2S. The Morgan fingerprint density at radius 1 is 1.59 bits per heavy atom. The third-order valence-electron chi connectivity index (χ3n) is 2.52. The van der Waals surface area contributed by atoms with Gasteiger partial charge in [0.2, 0.25) is 0 Å². The maximum absolute atomic E-state index is 10.6.